The molecule has 1 unspecified atom stereocenters. The molecule has 2 heterocycles. The van der Waals surface area contributed by atoms with Gasteiger partial charge in [-0.05, 0) is 80.8 Å². The third kappa shape index (κ3) is 4.74. The SMILES string of the molecule is Cc1ccc(NC(=O)C2CCCN(Cc3nc(-c4ccc(F)cc4)no3)C2)cc1C. The summed E-state index contributed by atoms with van der Waals surface area (Å²) >= 11 is 0. The van der Waals surface area contributed by atoms with Crippen LogP contribution < -0.4 is 5.32 Å². The predicted octanol–water partition coefficient (Wildman–Crippen LogP) is 4.34. The van der Waals surface area contributed by atoms with Crippen molar-refractivity contribution in [2.45, 2.75) is 33.2 Å². The number of likely N-dealkylation sites (tertiary alicyclic amines) is 1. The Bertz CT molecular complexity index is 1030. The molecule has 156 valence electrons. The molecule has 2 aromatic carbocycles. The molecule has 0 aliphatic carbocycles. The second kappa shape index (κ2) is 8.75. The van der Waals surface area contributed by atoms with Crippen molar-refractivity contribution in [3.05, 3.63) is 65.3 Å². The van der Waals surface area contributed by atoms with Crippen molar-refractivity contribution in [1.29, 1.82) is 0 Å². The Balaban J connectivity index is 1.36. The van der Waals surface area contributed by atoms with Gasteiger partial charge >= 0.3 is 0 Å². The van der Waals surface area contributed by atoms with Gasteiger partial charge in [0, 0.05) is 17.8 Å². The van der Waals surface area contributed by atoms with Gasteiger partial charge in [0.05, 0.1) is 12.5 Å². The van der Waals surface area contributed by atoms with Crippen LogP contribution in [0.15, 0.2) is 47.0 Å². The molecule has 1 atom stereocenters. The first-order valence-electron chi connectivity index (χ1n) is 10.2. The van der Waals surface area contributed by atoms with E-state index in [0.29, 0.717) is 30.4 Å². The van der Waals surface area contributed by atoms with Crippen LogP contribution in [0, 0.1) is 25.6 Å². The van der Waals surface area contributed by atoms with Crippen molar-refractivity contribution < 1.29 is 13.7 Å². The van der Waals surface area contributed by atoms with Crippen LogP contribution in [-0.4, -0.2) is 34.0 Å². The maximum Gasteiger partial charge on any atom is 0.241 e. The van der Waals surface area contributed by atoms with E-state index in [0.717, 1.165) is 30.6 Å². The van der Waals surface area contributed by atoms with Crippen LogP contribution in [0.3, 0.4) is 0 Å². The molecule has 0 radical (unpaired) electrons. The second-order valence-corrected chi connectivity index (χ2v) is 7.88. The number of aryl methyl sites for hydroxylation is 2. The van der Waals surface area contributed by atoms with E-state index in [2.05, 4.69) is 27.3 Å². The lowest BCUT2D eigenvalue weighted by Gasteiger charge is -2.30. The van der Waals surface area contributed by atoms with Gasteiger partial charge < -0.3 is 9.84 Å². The summed E-state index contributed by atoms with van der Waals surface area (Å²) in [6.45, 7) is 6.10. The highest BCUT2D eigenvalue weighted by Gasteiger charge is 2.27. The van der Waals surface area contributed by atoms with Crippen LogP contribution in [0.25, 0.3) is 11.4 Å². The zero-order valence-electron chi connectivity index (χ0n) is 17.2. The molecule has 1 aliphatic heterocycles. The minimum atomic E-state index is -0.305. The molecule has 0 saturated carbocycles. The molecule has 6 nitrogen and oxygen atoms in total. The number of anilines is 1. The number of carbonyl (C=O) groups excluding carboxylic acids is 1. The smallest absolute Gasteiger partial charge is 0.241 e. The zero-order chi connectivity index (χ0) is 21.1. The number of benzene rings is 2. The Morgan fingerprint density at radius 1 is 1.20 bits per heavy atom. The third-order valence-corrected chi connectivity index (χ3v) is 5.58. The number of nitrogens with zero attached hydrogens (tertiary/aromatic N) is 3. The van der Waals surface area contributed by atoms with E-state index in [1.165, 1.54) is 17.7 Å². The lowest BCUT2D eigenvalue weighted by Crippen LogP contribution is -2.40. The first-order chi connectivity index (χ1) is 14.5. The maximum atomic E-state index is 13.1. The van der Waals surface area contributed by atoms with E-state index in [1.54, 1.807) is 12.1 Å². The average Bonchev–Trinajstić information content (AvgIpc) is 3.20. The standard InChI is InChI=1S/C23H25FN4O2/c1-15-5-10-20(12-16(15)2)25-23(29)18-4-3-11-28(13-18)14-21-26-22(27-30-21)17-6-8-19(24)9-7-17/h5-10,12,18H,3-4,11,13-14H2,1-2H3,(H,25,29). The Hall–Kier alpha value is -3.06. The summed E-state index contributed by atoms with van der Waals surface area (Å²) in [5.41, 5.74) is 3.90. The molecule has 0 bridgehead atoms. The summed E-state index contributed by atoms with van der Waals surface area (Å²) in [5.74, 6) is 0.580. The van der Waals surface area contributed by atoms with Crippen molar-refractivity contribution >= 4 is 11.6 Å². The van der Waals surface area contributed by atoms with Gasteiger partial charge in [-0.1, -0.05) is 11.2 Å². The van der Waals surface area contributed by atoms with Crippen LogP contribution in [0.5, 0.6) is 0 Å². The van der Waals surface area contributed by atoms with Crippen molar-refractivity contribution in [2.24, 2.45) is 5.92 Å². The molecule has 1 saturated heterocycles. The van der Waals surface area contributed by atoms with Crippen molar-refractivity contribution in [1.82, 2.24) is 15.0 Å². The van der Waals surface area contributed by atoms with Crippen LogP contribution in [0.2, 0.25) is 0 Å². The van der Waals surface area contributed by atoms with Gasteiger partial charge in [0.1, 0.15) is 5.82 Å². The van der Waals surface area contributed by atoms with Gasteiger partial charge in [0.25, 0.3) is 0 Å². The summed E-state index contributed by atoms with van der Waals surface area (Å²) in [6.07, 6.45) is 1.79. The van der Waals surface area contributed by atoms with E-state index >= 15 is 0 Å². The minimum absolute atomic E-state index is 0.0421. The summed E-state index contributed by atoms with van der Waals surface area (Å²) in [6, 6.07) is 11.9. The average molecular weight is 408 g/mol. The van der Waals surface area contributed by atoms with E-state index in [9.17, 15) is 9.18 Å². The van der Waals surface area contributed by atoms with E-state index < -0.39 is 0 Å². The van der Waals surface area contributed by atoms with Gasteiger partial charge in [0.15, 0.2) is 0 Å². The van der Waals surface area contributed by atoms with Gasteiger partial charge in [0.2, 0.25) is 17.6 Å². The molecule has 1 aliphatic rings. The molecule has 3 aromatic rings. The number of piperidine rings is 1. The summed E-state index contributed by atoms with van der Waals surface area (Å²) in [7, 11) is 0. The molecule has 4 rings (SSSR count). The van der Waals surface area contributed by atoms with Gasteiger partial charge in [-0.25, -0.2) is 4.39 Å². The highest BCUT2D eigenvalue weighted by molar-refractivity contribution is 5.92. The molecular weight excluding hydrogens is 383 g/mol. The van der Waals surface area contributed by atoms with Gasteiger partial charge in [-0.2, -0.15) is 4.98 Å². The fraction of sp³-hybridized carbons (Fsp3) is 0.348. The molecule has 1 aromatic heterocycles. The number of aromatic nitrogens is 2. The predicted molar refractivity (Wildman–Crippen MR) is 112 cm³/mol. The summed E-state index contributed by atoms with van der Waals surface area (Å²) in [5, 5.41) is 7.04. The number of halogens is 1. The molecule has 0 spiro atoms. The molecule has 1 N–H and O–H groups in total. The Kier molecular flexibility index (Phi) is 5.90. The zero-order valence-corrected chi connectivity index (χ0v) is 17.2. The Labute approximate surface area is 175 Å². The normalized spacial score (nSPS) is 17.1. The lowest BCUT2D eigenvalue weighted by molar-refractivity contribution is -0.121. The van der Waals surface area contributed by atoms with E-state index in [-0.39, 0.29) is 17.6 Å². The van der Waals surface area contributed by atoms with Crippen molar-refractivity contribution in [3.63, 3.8) is 0 Å². The first kappa shape index (κ1) is 20.2. The maximum absolute atomic E-state index is 13.1. The summed E-state index contributed by atoms with van der Waals surface area (Å²) < 4.78 is 18.5. The molecule has 1 fully saturated rings. The lowest BCUT2D eigenvalue weighted by atomic mass is 9.97. The molecule has 1 amide bonds. The van der Waals surface area contributed by atoms with Crippen LogP contribution in [-0.2, 0) is 11.3 Å². The van der Waals surface area contributed by atoms with Crippen LogP contribution in [0.4, 0.5) is 10.1 Å². The Morgan fingerprint density at radius 3 is 2.77 bits per heavy atom. The topological polar surface area (TPSA) is 71.3 Å². The molecule has 30 heavy (non-hydrogen) atoms. The fourth-order valence-electron chi connectivity index (χ4n) is 3.70. The number of hydrogen-bond donors (Lipinski definition) is 1. The van der Waals surface area contributed by atoms with Crippen molar-refractivity contribution in [2.75, 3.05) is 18.4 Å². The number of hydrogen-bond acceptors (Lipinski definition) is 5. The van der Waals surface area contributed by atoms with Crippen molar-refractivity contribution in [3.8, 4) is 11.4 Å². The minimum Gasteiger partial charge on any atom is -0.338 e. The van der Waals surface area contributed by atoms with Crippen LogP contribution in [0.1, 0.15) is 29.9 Å². The van der Waals surface area contributed by atoms with E-state index in [1.807, 2.05) is 25.1 Å². The second-order valence-electron chi connectivity index (χ2n) is 7.88. The number of rotatable bonds is 5. The highest BCUT2D eigenvalue weighted by Crippen LogP contribution is 2.22. The van der Waals surface area contributed by atoms with Crippen LogP contribution >= 0.6 is 0 Å². The molecular formula is C23H25FN4O2. The third-order valence-electron chi connectivity index (χ3n) is 5.58. The quantitative estimate of drug-likeness (QED) is 0.680. The van der Waals surface area contributed by atoms with E-state index in [4.69, 9.17) is 4.52 Å². The summed E-state index contributed by atoms with van der Waals surface area (Å²) in [4.78, 5) is 19.3. The molecule has 7 heteroatoms. The first-order valence-corrected chi connectivity index (χ1v) is 10.2. The number of carbonyl (C=O) groups is 1. The Morgan fingerprint density at radius 2 is 2.00 bits per heavy atom. The van der Waals surface area contributed by atoms with Gasteiger partial charge in [-0.15, -0.1) is 0 Å². The number of amides is 1. The highest BCUT2D eigenvalue weighted by atomic mass is 19.1. The largest absolute Gasteiger partial charge is 0.338 e. The monoisotopic (exact) mass is 408 g/mol. The van der Waals surface area contributed by atoms with Gasteiger partial charge in [-0.3, -0.25) is 9.69 Å². The fourth-order valence-corrected chi connectivity index (χ4v) is 3.70. The number of nitrogens with one attached hydrogen (secondary N) is 1.